The molecule has 0 spiro atoms. The van der Waals surface area contributed by atoms with E-state index in [1.807, 2.05) is 16.3 Å². The topological polar surface area (TPSA) is 52.9 Å². The van der Waals surface area contributed by atoms with Gasteiger partial charge in [-0.2, -0.15) is 0 Å². The van der Waals surface area contributed by atoms with Crippen LogP contribution >= 0.6 is 11.3 Å². The molecule has 1 aliphatic carbocycles. The molecule has 2 aliphatic rings. The van der Waals surface area contributed by atoms with Crippen LogP contribution in [0, 0.1) is 0 Å². The van der Waals surface area contributed by atoms with Crippen LogP contribution < -0.4 is 0 Å². The quantitative estimate of drug-likeness (QED) is 0.646. The molecule has 1 amide bonds. The molecule has 0 atom stereocenters. The summed E-state index contributed by atoms with van der Waals surface area (Å²) in [6.07, 6.45) is 4.68. The van der Waals surface area contributed by atoms with Crippen molar-refractivity contribution in [3.05, 3.63) is 57.3 Å². The monoisotopic (exact) mass is 354 g/mol. The first-order valence-electron chi connectivity index (χ1n) is 8.94. The van der Waals surface area contributed by atoms with Gasteiger partial charge in [0.25, 0.3) is 5.91 Å². The molecule has 0 radical (unpaired) electrons. The van der Waals surface area contributed by atoms with E-state index in [0.29, 0.717) is 5.92 Å². The number of carbonyl (C=O) groups excluding carboxylic acids is 1. The summed E-state index contributed by atoms with van der Waals surface area (Å²) in [6, 6.07) is 10.6. The second-order valence-corrected chi connectivity index (χ2v) is 7.71. The smallest absolute Gasteiger partial charge is 0.255 e. The number of benzene rings is 1. The van der Waals surface area contributed by atoms with Crippen LogP contribution in [0.15, 0.2) is 40.9 Å². The van der Waals surface area contributed by atoms with Crippen LogP contribution in [-0.2, 0) is 6.42 Å². The van der Waals surface area contributed by atoms with Crippen molar-refractivity contribution in [1.82, 2.24) is 4.90 Å². The van der Waals surface area contributed by atoms with Gasteiger partial charge in [0.15, 0.2) is 0 Å². The van der Waals surface area contributed by atoms with E-state index >= 15 is 0 Å². The molecule has 2 heterocycles. The largest absolute Gasteiger partial charge is 0.411 e. The highest BCUT2D eigenvalue weighted by molar-refractivity contribution is 7.12. The Morgan fingerprint density at radius 2 is 1.92 bits per heavy atom. The van der Waals surface area contributed by atoms with E-state index in [4.69, 9.17) is 0 Å². The van der Waals surface area contributed by atoms with E-state index in [9.17, 15) is 10.0 Å². The van der Waals surface area contributed by atoms with Crippen molar-refractivity contribution in [2.75, 3.05) is 13.1 Å². The van der Waals surface area contributed by atoms with Crippen molar-refractivity contribution in [2.45, 2.75) is 38.0 Å². The second-order valence-electron chi connectivity index (χ2n) is 6.83. The summed E-state index contributed by atoms with van der Waals surface area (Å²) in [4.78, 5) is 16.0. The Kier molecular flexibility index (Phi) is 4.57. The van der Waals surface area contributed by atoms with Crippen LogP contribution in [0.3, 0.4) is 0 Å². The third-order valence-electron chi connectivity index (χ3n) is 5.40. The number of carbonyl (C=O) groups is 1. The highest BCUT2D eigenvalue weighted by Gasteiger charge is 2.29. The molecule has 5 heteroatoms. The van der Waals surface area contributed by atoms with Crippen LogP contribution in [0.1, 0.15) is 58.0 Å². The van der Waals surface area contributed by atoms with E-state index in [1.165, 1.54) is 16.9 Å². The van der Waals surface area contributed by atoms with Crippen molar-refractivity contribution in [3.63, 3.8) is 0 Å². The predicted octanol–water partition coefficient (Wildman–Crippen LogP) is 4.28. The van der Waals surface area contributed by atoms with Gasteiger partial charge in [0.1, 0.15) is 0 Å². The molecular formula is C20H22N2O2S. The number of thiophene rings is 1. The summed E-state index contributed by atoms with van der Waals surface area (Å²) in [7, 11) is 0. The number of piperidine rings is 1. The molecule has 4 nitrogen and oxygen atoms in total. The molecule has 1 fully saturated rings. The summed E-state index contributed by atoms with van der Waals surface area (Å²) in [5, 5.41) is 14.5. The standard InChI is InChI=1S/C20H22N2O2S/c23-20(17-13-25-19-16(17)7-4-8-18(19)21-24)22-11-9-15(10-12-22)14-5-2-1-3-6-14/h1-3,5-6,13,15,24H,4,7-12H2/b21-18-. The van der Waals surface area contributed by atoms with Crippen LogP contribution in [-0.4, -0.2) is 34.8 Å². The van der Waals surface area contributed by atoms with Gasteiger partial charge in [-0.3, -0.25) is 4.79 Å². The average molecular weight is 354 g/mol. The third kappa shape index (κ3) is 3.09. The van der Waals surface area contributed by atoms with Crippen molar-refractivity contribution >= 4 is 23.0 Å². The zero-order valence-electron chi connectivity index (χ0n) is 14.1. The number of amides is 1. The lowest BCUT2D eigenvalue weighted by Crippen LogP contribution is -2.38. The highest BCUT2D eigenvalue weighted by atomic mass is 32.1. The van der Waals surface area contributed by atoms with E-state index in [1.54, 1.807) is 0 Å². The maximum absolute atomic E-state index is 13.0. The number of hydrogen-bond donors (Lipinski definition) is 1. The fourth-order valence-electron chi connectivity index (χ4n) is 4.01. The van der Waals surface area contributed by atoms with Crippen molar-refractivity contribution in [2.24, 2.45) is 5.16 Å². The molecule has 1 saturated heterocycles. The Morgan fingerprint density at radius 1 is 1.16 bits per heavy atom. The molecule has 2 aromatic rings. The summed E-state index contributed by atoms with van der Waals surface area (Å²) in [5.74, 6) is 0.693. The fourth-order valence-corrected chi connectivity index (χ4v) is 5.12. The molecule has 0 saturated carbocycles. The lowest BCUT2D eigenvalue weighted by molar-refractivity contribution is 0.0712. The Bertz CT molecular complexity index is 789. The van der Waals surface area contributed by atoms with E-state index in [2.05, 4.69) is 29.4 Å². The number of rotatable bonds is 2. The van der Waals surface area contributed by atoms with Crippen LogP contribution in [0.4, 0.5) is 0 Å². The van der Waals surface area contributed by atoms with Gasteiger partial charge in [0.05, 0.1) is 16.2 Å². The molecule has 1 N–H and O–H groups in total. The maximum Gasteiger partial charge on any atom is 0.255 e. The summed E-state index contributed by atoms with van der Waals surface area (Å²) >= 11 is 1.54. The SMILES string of the molecule is O=C(c1csc2c1CCC/C2=N/O)N1CCC(c2ccccc2)CC1. The molecular weight excluding hydrogens is 332 g/mol. The first-order chi connectivity index (χ1) is 12.3. The maximum atomic E-state index is 13.0. The van der Waals surface area contributed by atoms with Crippen molar-refractivity contribution in [1.29, 1.82) is 0 Å². The zero-order valence-corrected chi connectivity index (χ0v) is 15.0. The van der Waals surface area contributed by atoms with E-state index < -0.39 is 0 Å². The van der Waals surface area contributed by atoms with Crippen LogP contribution in [0.5, 0.6) is 0 Å². The normalized spacial score (nSPS) is 19.8. The third-order valence-corrected chi connectivity index (χ3v) is 6.47. The molecule has 4 rings (SSSR count). The van der Waals surface area contributed by atoms with Crippen molar-refractivity contribution in [3.8, 4) is 0 Å². The van der Waals surface area contributed by atoms with Crippen LogP contribution in [0.2, 0.25) is 0 Å². The number of hydrogen-bond acceptors (Lipinski definition) is 4. The molecule has 25 heavy (non-hydrogen) atoms. The number of likely N-dealkylation sites (tertiary alicyclic amines) is 1. The minimum absolute atomic E-state index is 0.142. The van der Waals surface area contributed by atoms with Gasteiger partial charge in [-0.05, 0) is 49.1 Å². The second kappa shape index (κ2) is 7.00. The lowest BCUT2D eigenvalue weighted by Gasteiger charge is -2.32. The molecule has 0 unspecified atom stereocenters. The summed E-state index contributed by atoms with van der Waals surface area (Å²) < 4.78 is 0. The highest BCUT2D eigenvalue weighted by Crippen LogP contribution is 2.33. The molecule has 1 aliphatic heterocycles. The first kappa shape index (κ1) is 16.3. The predicted molar refractivity (Wildman–Crippen MR) is 99.9 cm³/mol. The number of fused-ring (bicyclic) bond motifs is 1. The van der Waals surface area contributed by atoms with Gasteiger partial charge in [-0.25, -0.2) is 0 Å². The Hall–Kier alpha value is -2.14. The van der Waals surface area contributed by atoms with Gasteiger partial charge in [-0.15, -0.1) is 11.3 Å². The molecule has 1 aromatic carbocycles. The summed E-state index contributed by atoms with van der Waals surface area (Å²) in [5.41, 5.74) is 4.01. The van der Waals surface area contributed by atoms with Crippen molar-refractivity contribution < 1.29 is 10.0 Å². The Balaban J connectivity index is 1.47. The number of oxime groups is 1. The fraction of sp³-hybridized carbons (Fsp3) is 0.400. The van der Waals surface area contributed by atoms with Gasteiger partial charge in [0, 0.05) is 18.5 Å². The van der Waals surface area contributed by atoms with Gasteiger partial charge in [-0.1, -0.05) is 35.5 Å². The molecule has 1 aromatic heterocycles. The average Bonchev–Trinajstić information content (AvgIpc) is 3.12. The number of nitrogens with zero attached hydrogens (tertiary/aromatic N) is 2. The van der Waals surface area contributed by atoms with Gasteiger partial charge >= 0.3 is 0 Å². The molecule has 0 bridgehead atoms. The molecule has 130 valence electrons. The van der Waals surface area contributed by atoms with E-state index in [-0.39, 0.29) is 5.91 Å². The van der Waals surface area contributed by atoms with Crippen LogP contribution in [0.25, 0.3) is 0 Å². The first-order valence-corrected chi connectivity index (χ1v) is 9.81. The van der Waals surface area contributed by atoms with Gasteiger partial charge in [0.2, 0.25) is 0 Å². The van der Waals surface area contributed by atoms with E-state index in [0.717, 1.165) is 66.9 Å². The zero-order chi connectivity index (χ0) is 17.2. The van der Waals surface area contributed by atoms with Gasteiger partial charge < -0.3 is 10.1 Å². The Morgan fingerprint density at radius 3 is 2.64 bits per heavy atom. The Labute approximate surface area is 151 Å². The lowest BCUT2D eigenvalue weighted by atomic mass is 9.89. The minimum atomic E-state index is 0.142. The minimum Gasteiger partial charge on any atom is -0.411 e. The summed E-state index contributed by atoms with van der Waals surface area (Å²) in [6.45, 7) is 1.62.